The standard InChI is InChI=1S/C22H30O5/c1-13-16-8-6-15(21(24)22(16,2)11-10-17(13)23)12-14-7-9-18(25-3)20(27-5)19(14)26-4/h7,9,12-13,16-17,23H,6,8,10-11H2,1-5H3/b15-12+/t13-,16?,17?,22-/m0/s1. The second-order valence-electron chi connectivity index (χ2n) is 7.95. The molecule has 0 amide bonds. The molecule has 0 saturated heterocycles. The van der Waals surface area contributed by atoms with Gasteiger partial charge in [-0.3, -0.25) is 4.79 Å². The molecule has 2 aliphatic rings. The number of allylic oxidation sites excluding steroid dienone is 1. The summed E-state index contributed by atoms with van der Waals surface area (Å²) in [5.74, 6) is 2.28. The van der Waals surface area contributed by atoms with Gasteiger partial charge < -0.3 is 19.3 Å². The number of aliphatic hydroxyl groups excluding tert-OH is 1. The Labute approximate surface area is 161 Å². The molecule has 4 atom stereocenters. The predicted octanol–water partition coefficient (Wildman–Crippen LogP) is 3.87. The molecule has 2 unspecified atom stereocenters. The largest absolute Gasteiger partial charge is 0.493 e. The van der Waals surface area contributed by atoms with Crippen LogP contribution in [-0.4, -0.2) is 38.3 Å². The first-order valence-corrected chi connectivity index (χ1v) is 9.59. The number of hydrogen-bond donors (Lipinski definition) is 1. The van der Waals surface area contributed by atoms with Crippen LogP contribution in [0.15, 0.2) is 17.7 Å². The van der Waals surface area contributed by atoms with Crippen LogP contribution in [-0.2, 0) is 4.79 Å². The van der Waals surface area contributed by atoms with Gasteiger partial charge in [0.25, 0.3) is 0 Å². The summed E-state index contributed by atoms with van der Waals surface area (Å²) in [6.45, 7) is 4.15. The maximum absolute atomic E-state index is 13.4. The summed E-state index contributed by atoms with van der Waals surface area (Å²) in [5, 5.41) is 10.2. The molecule has 27 heavy (non-hydrogen) atoms. The summed E-state index contributed by atoms with van der Waals surface area (Å²) in [7, 11) is 4.74. The van der Waals surface area contributed by atoms with Crippen molar-refractivity contribution in [2.75, 3.05) is 21.3 Å². The number of ether oxygens (including phenoxy) is 3. The molecule has 5 nitrogen and oxygen atoms in total. The zero-order valence-corrected chi connectivity index (χ0v) is 16.9. The van der Waals surface area contributed by atoms with Crippen LogP contribution in [0.1, 0.15) is 45.1 Å². The van der Waals surface area contributed by atoms with Crippen LogP contribution in [0.25, 0.3) is 6.08 Å². The number of rotatable bonds is 4. The van der Waals surface area contributed by atoms with Crippen LogP contribution < -0.4 is 14.2 Å². The van der Waals surface area contributed by atoms with Gasteiger partial charge in [-0.25, -0.2) is 0 Å². The molecule has 2 fully saturated rings. The molecular weight excluding hydrogens is 344 g/mol. The fraction of sp³-hybridized carbons (Fsp3) is 0.591. The first-order chi connectivity index (χ1) is 12.9. The molecule has 0 radical (unpaired) electrons. The van der Waals surface area contributed by atoms with Gasteiger partial charge in [0.05, 0.1) is 27.4 Å². The number of benzene rings is 1. The number of ketones is 1. The highest BCUT2D eigenvalue weighted by Crippen LogP contribution is 2.52. The fourth-order valence-electron chi connectivity index (χ4n) is 4.96. The molecular formula is C22H30O5. The van der Waals surface area contributed by atoms with E-state index in [1.54, 1.807) is 21.3 Å². The van der Waals surface area contributed by atoms with Crippen molar-refractivity contribution >= 4 is 11.9 Å². The van der Waals surface area contributed by atoms with Crippen LogP contribution in [0.4, 0.5) is 0 Å². The molecule has 1 aromatic rings. The summed E-state index contributed by atoms with van der Waals surface area (Å²) in [5.41, 5.74) is 1.24. The molecule has 0 bridgehead atoms. The van der Waals surface area contributed by atoms with Gasteiger partial charge in [0, 0.05) is 11.0 Å². The number of aliphatic hydroxyl groups is 1. The number of hydrogen-bond acceptors (Lipinski definition) is 5. The first kappa shape index (κ1) is 19.7. The Morgan fingerprint density at radius 3 is 2.44 bits per heavy atom. The Balaban J connectivity index is 1.99. The third-order valence-electron chi connectivity index (χ3n) is 6.62. The number of methoxy groups -OCH3 is 3. The monoisotopic (exact) mass is 374 g/mol. The average molecular weight is 374 g/mol. The van der Waals surface area contributed by atoms with Crippen molar-refractivity contribution in [3.63, 3.8) is 0 Å². The van der Waals surface area contributed by atoms with E-state index in [1.165, 1.54) is 0 Å². The first-order valence-electron chi connectivity index (χ1n) is 9.59. The Bertz CT molecular complexity index is 753. The number of Topliss-reactive ketones (excluding diaryl/α,β-unsaturated/α-hetero) is 1. The van der Waals surface area contributed by atoms with Crippen LogP contribution >= 0.6 is 0 Å². The Kier molecular flexibility index (Phi) is 5.52. The van der Waals surface area contributed by atoms with Crippen LogP contribution in [0.2, 0.25) is 0 Å². The lowest BCUT2D eigenvalue weighted by Gasteiger charge is -2.49. The summed E-state index contributed by atoms with van der Waals surface area (Å²) in [6.07, 6.45) is 4.69. The smallest absolute Gasteiger partial charge is 0.203 e. The van der Waals surface area contributed by atoms with Gasteiger partial charge in [-0.05, 0) is 61.3 Å². The third-order valence-corrected chi connectivity index (χ3v) is 6.62. The van der Waals surface area contributed by atoms with Gasteiger partial charge in [0.2, 0.25) is 5.75 Å². The lowest BCUT2D eigenvalue weighted by Crippen LogP contribution is -2.50. The van der Waals surface area contributed by atoms with Gasteiger partial charge in [-0.1, -0.05) is 13.8 Å². The molecule has 0 heterocycles. The maximum atomic E-state index is 13.4. The van der Waals surface area contributed by atoms with Crippen molar-refractivity contribution in [3.05, 3.63) is 23.3 Å². The zero-order valence-electron chi connectivity index (χ0n) is 16.9. The maximum Gasteiger partial charge on any atom is 0.203 e. The molecule has 5 heteroatoms. The van der Waals surface area contributed by atoms with E-state index in [4.69, 9.17) is 14.2 Å². The van der Waals surface area contributed by atoms with E-state index >= 15 is 0 Å². The summed E-state index contributed by atoms with van der Waals surface area (Å²) < 4.78 is 16.3. The molecule has 0 aromatic heterocycles. The fourth-order valence-corrected chi connectivity index (χ4v) is 4.96. The van der Waals surface area contributed by atoms with E-state index in [0.717, 1.165) is 24.0 Å². The molecule has 0 spiro atoms. The predicted molar refractivity (Wildman–Crippen MR) is 104 cm³/mol. The summed E-state index contributed by atoms with van der Waals surface area (Å²) >= 11 is 0. The van der Waals surface area contributed by atoms with Crippen molar-refractivity contribution in [1.29, 1.82) is 0 Å². The highest BCUT2D eigenvalue weighted by atomic mass is 16.5. The van der Waals surface area contributed by atoms with Gasteiger partial charge >= 0.3 is 0 Å². The molecule has 2 saturated carbocycles. The van der Waals surface area contributed by atoms with E-state index < -0.39 is 5.41 Å². The molecule has 1 N–H and O–H groups in total. The van der Waals surface area contributed by atoms with E-state index in [0.29, 0.717) is 30.1 Å². The number of carbonyl (C=O) groups excluding carboxylic acids is 1. The molecule has 148 valence electrons. The van der Waals surface area contributed by atoms with Crippen molar-refractivity contribution in [2.45, 2.75) is 45.6 Å². The summed E-state index contributed by atoms with van der Waals surface area (Å²) in [6, 6.07) is 3.72. The quantitative estimate of drug-likeness (QED) is 0.811. The molecule has 2 aliphatic carbocycles. The van der Waals surface area contributed by atoms with Gasteiger partial charge in [-0.2, -0.15) is 0 Å². The van der Waals surface area contributed by atoms with Crippen LogP contribution in [0.3, 0.4) is 0 Å². The van der Waals surface area contributed by atoms with Gasteiger partial charge in [-0.15, -0.1) is 0 Å². The van der Waals surface area contributed by atoms with Gasteiger partial charge in [0.1, 0.15) is 0 Å². The Morgan fingerprint density at radius 1 is 1.11 bits per heavy atom. The molecule has 1 aromatic carbocycles. The average Bonchev–Trinajstić information content (AvgIpc) is 2.67. The van der Waals surface area contributed by atoms with Crippen LogP contribution in [0.5, 0.6) is 17.2 Å². The molecule has 3 rings (SSSR count). The minimum atomic E-state index is -0.396. The van der Waals surface area contributed by atoms with Crippen molar-refractivity contribution < 1.29 is 24.1 Å². The second kappa shape index (κ2) is 7.55. The SMILES string of the molecule is COc1ccc(/C=C2\CCC3[C@H](C)C(O)CC[C@]3(C)C2=O)c(OC)c1OC. The van der Waals surface area contributed by atoms with E-state index in [1.807, 2.05) is 18.2 Å². The Hall–Kier alpha value is -2.01. The molecule has 0 aliphatic heterocycles. The number of carbonyl (C=O) groups is 1. The summed E-state index contributed by atoms with van der Waals surface area (Å²) in [4.78, 5) is 13.4. The van der Waals surface area contributed by atoms with Crippen LogP contribution in [0, 0.1) is 17.3 Å². The minimum absolute atomic E-state index is 0.157. The van der Waals surface area contributed by atoms with Gasteiger partial charge in [0.15, 0.2) is 17.3 Å². The topological polar surface area (TPSA) is 65.0 Å². The van der Waals surface area contributed by atoms with E-state index in [-0.39, 0.29) is 23.7 Å². The van der Waals surface area contributed by atoms with Crippen molar-refractivity contribution in [3.8, 4) is 17.2 Å². The number of fused-ring (bicyclic) bond motifs is 1. The van der Waals surface area contributed by atoms with Crippen molar-refractivity contribution in [1.82, 2.24) is 0 Å². The van der Waals surface area contributed by atoms with Crippen molar-refractivity contribution in [2.24, 2.45) is 17.3 Å². The van der Waals surface area contributed by atoms with E-state index in [9.17, 15) is 9.90 Å². The lowest BCUT2D eigenvalue weighted by molar-refractivity contribution is -0.137. The Morgan fingerprint density at radius 2 is 1.81 bits per heavy atom. The highest BCUT2D eigenvalue weighted by Gasteiger charge is 2.51. The zero-order chi connectivity index (χ0) is 19.8. The minimum Gasteiger partial charge on any atom is -0.493 e. The third kappa shape index (κ3) is 3.22. The lowest BCUT2D eigenvalue weighted by atomic mass is 9.55. The van der Waals surface area contributed by atoms with E-state index in [2.05, 4.69) is 13.8 Å². The second-order valence-corrected chi connectivity index (χ2v) is 7.95. The highest BCUT2D eigenvalue weighted by molar-refractivity contribution is 6.04. The normalized spacial score (nSPS) is 32.1.